The van der Waals surface area contributed by atoms with E-state index in [1.54, 1.807) is 0 Å². The average molecular weight is 288 g/mol. The number of carbonyl (C=O) groups excluding carboxylic acids is 1. The second-order valence-electron chi connectivity index (χ2n) is 6.04. The van der Waals surface area contributed by atoms with Gasteiger partial charge in [0.2, 0.25) is 5.91 Å². The summed E-state index contributed by atoms with van der Waals surface area (Å²) in [6.45, 7) is 2.02. The molecular formula is C18H28N2O. The first-order valence-corrected chi connectivity index (χ1v) is 8.34. The van der Waals surface area contributed by atoms with Crippen molar-refractivity contribution in [1.29, 1.82) is 0 Å². The molecule has 3 nitrogen and oxygen atoms in total. The first-order valence-electron chi connectivity index (χ1n) is 8.34. The SMILES string of the molecule is NCCN(CCc1ccccc1)C(=O)C1CCCCCC1. The van der Waals surface area contributed by atoms with Crippen LogP contribution in [-0.4, -0.2) is 30.4 Å². The minimum atomic E-state index is 0.231. The number of hydrogen-bond donors (Lipinski definition) is 1. The van der Waals surface area contributed by atoms with Crippen LogP contribution >= 0.6 is 0 Å². The lowest BCUT2D eigenvalue weighted by Crippen LogP contribution is -2.40. The Kier molecular flexibility index (Phi) is 6.74. The standard InChI is InChI=1S/C18H28N2O/c19-13-15-20(14-12-16-8-4-3-5-9-16)18(21)17-10-6-1-2-7-11-17/h3-5,8-9,17H,1-2,6-7,10-15,19H2. The molecule has 0 atom stereocenters. The molecule has 2 N–H and O–H groups in total. The molecule has 0 unspecified atom stereocenters. The number of nitrogens with zero attached hydrogens (tertiary/aromatic N) is 1. The third-order valence-corrected chi connectivity index (χ3v) is 4.43. The lowest BCUT2D eigenvalue weighted by molar-refractivity contribution is -0.135. The summed E-state index contributed by atoms with van der Waals surface area (Å²) in [6, 6.07) is 10.4. The smallest absolute Gasteiger partial charge is 0.225 e. The fraction of sp³-hybridized carbons (Fsp3) is 0.611. The maximum absolute atomic E-state index is 12.7. The van der Waals surface area contributed by atoms with Crippen molar-refractivity contribution in [1.82, 2.24) is 4.90 Å². The molecule has 1 saturated carbocycles. The zero-order chi connectivity index (χ0) is 14.9. The zero-order valence-corrected chi connectivity index (χ0v) is 13.0. The molecule has 3 heteroatoms. The topological polar surface area (TPSA) is 46.3 Å². The highest BCUT2D eigenvalue weighted by molar-refractivity contribution is 5.78. The molecule has 0 spiro atoms. The van der Waals surface area contributed by atoms with E-state index >= 15 is 0 Å². The number of rotatable bonds is 6. The monoisotopic (exact) mass is 288 g/mol. The summed E-state index contributed by atoms with van der Waals surface area (Å²) < 4.78 is 0. The van der Waals surface area contributed by atoms with E-state index in [1.807, 2.05) is 11.0 Å². The van der Waals surface area contributed by atoms with E-state index in [9.17, 15) is 4.79 Å². The Labute approximate surface area is 128 Å². The van der Waals surface area contributed by atoms with E-state index in [1.165, 1.54) is 31.2 Å². The normalized spacial score (nSPS) is 16.4. The second-order valence-corrected chi connectivity index (χ2v) is 6.04. The summed E-state index contributed by atoms with van der Waals surface area (Å²) in [7, 11) is 0. The van der Waals surface area contributed by atoms with Gasteiger partial charge < -0.3 is 10.6 Å². The Morgan fingerprint density at radius 2 is 1.71 bits per heavy atom. The van der Waals surface area contributed by atoms with Crippen molar-refractivity contribution in [3.05, 3.63) is 35.9 Å². The van der Waals surface area contributed by atoms with E-state index in [0.29, 0.717) is 19.0 Å². The van der Waals surface area contributed by atoms with E-state index in [-0.39, 0.29) is 5.92 Å². The first kappa shape index (κ1) is 16.0. The summed E-state index contributed by atoms with van der Waals surface area (Å²) in [6.07, 6.45) is 8.00. The molecule has 0 heterocycles. The third-order valence-electron chi connectivity index (χ3n) is 4.43. The molecule has 1 aromatic carbocycles. The van der Waals surface area contributed by atoms with E-state index < -0.39 is 0 Å². The zero-order valence-electron chi connectivity index (χ0n) is 13.0. The largest absolute Gasteiger partial charge is 0.341 e. The Morgan fingerprint density at radius 3 is 2.33 bits per heavy atom. The number of nitrogens with two attached hydrogens (primary N) is 1. The van der Waals surface area contributed by atoms with E-state index in [4.69, 9.17) is 5.73 Å². The van der Waals surface area contributed by atoms with Crippen LogP contribution in [0, 0.1) is 5.92 Å². The number of benzene rings is 1. The van der Waals surface area contributed by atoms with Crippen LogP contribution in [0.25, 0.3) is 0 Å². The van der Waals surface area contributed by atoms with Gasteiger partial charge in [0.05, 0.1) is 0 Å². The van der Waals surface area contributed by atoms with Crippen molar-refractivity contribution in [2.45, 2.75) is 44.9 Å². The Morgan fingerprint density at radius 1 is 1.05 bits per heavy atom. The maximum atomic E-state index is 12.7. The molecule has 2 rings (SSSR count). The van der Waals surface area contributed by atoms with E-state index in [2.05, 4.69) is 24.3 Å². The van der Waals surface area contributed by atoms with Crippen molar-refractivity contribution in [3.8, 4) is 0 Å². The van der Waals surface area contributed by atoms with Gasteiger partial charge in [0.1, 0.15) is 0 Å². The molecule has 1 aliphatic rings. The molecule has 21 heavy (non-hydrogen) atoms. The molecule has 1 aromatic rings. The molecule has 0 saturated heterocycles. The van der Waals surface area contributed by atoms with Gasteiger partial charge in [0, 0.05) is 25.6 Å². The molecule has 1 aliphatic carbocycles. The van der Waals surface area contributed by atoms with Gasteiger partial charge in [0.15, 0.2) is 0 Å². The lowest BCUT2D eigenvalue weighted by Gasteiger charge is -2.26. The third kappa shape index (κ3) is 5.16. The fourth-order valence-electron chi connectivity index (χ4n) is 3.18. The Balaban J connectivity index is 1.91. The second kappa shape index (κ2) is 8.83. The highest BCUT2D eigenvalue weighted by Crippen LogP contribution is 2.24. The number of carbonyl (C=O) groups is 1. The van der Waals surface area contributed by atoms with Gasteiger partial charge in [-0.3, -0.25) is 4.79 Å². The minimum Gasteiger partial charge on any atom is -0.341 e. The van der Waals surface area contributed by atoms with Crippen molar-refractivity contribution in [2.75, 3.05) is 19.6 Å². The van der Waals surface area contributed by atoms with Crippen molar-refractivity contribution in [3.63, 3.8) is 0 Å². The first-order chi connectivity index (χ1) is 10.3. The van der Waals surface area contributed by atoms with Crippen LogP contribution in [0.4, 0.5) is 0 Å². The van der Waals surface area contributed by atoms with Gasteiger partial charge in [-0.2, -0.15) is 0 Å². The molecule has 1 fully saturated rings. The highest BCUT2D eigenvalue weighted by Gasteiger charge is 2.24. The van der Waals surface area contributed by atoms with Crippen LogP contribution in [0.2, 0.25) is 0 Å². The number of hydrogen-bond acceptors (Lipinski definition) is 2. The van der Waals surface area contributed by atoms with Gasteiger partial charge in [0.25, 0.3) is 0 Å². The molecule has 1 amide bonds. The highest BCUT2D eigenvalue weighted by atomic mass is 16.2. The van der Waals surface area contributed by atoms with Gasteiger partial charge >= 0.3 is 0 Å². The minimum absolute atomic E-state index is 0.231. The van der Waals surface area contributed by atoms with Crippen LogP contribution in [-0.2, 0) is 11.2 Å². The van der Waals surface area contributed by atoms with Crippen LogP contribution in [0.5, 0.6) is 0 Å². The molecule has 0 aliphatic heterocycles. The summed E-state index contributed by atoms with van der Waals surface area (Å²) in [5.41, 5.74) is 6.99. The maximum Gasteiger partial charge on any atom is 0.225 e. The molecular weight excluding hydrogens is 260 g/mol. The van der Waals surface area contributed by atoms with Crippen LogP contribution < -0.4 is 5.73 Å². The molecule has 0 aromatic heterocycles. The van der Waals surface area contributed by atoms with Crippen LogP contribution in [0.1, 0.15) is 44.1 Å². The predicted octanol–water partition coefficient (Wildman–Crippen LogP) is 2.99. The lowest BCUT2D eigenvalue weighted by atomic mass is 9.98. The molecule has 0 radical (unpaired) electrons. The van der Waals surface area contributed by atoms with E-state index in [0.717, 1.165) is 25.8 Å². The summed E-state index contributed by atoms with van der Waals surface area (Å²) in [5.74, 6) is 0.563. The average Bonchev–Trinajstić information content (AvgIpc) is 2.81. The predicted molar refractivity (Wildman–Crippen MR) is 87.0 cm³/mol. The van der Waals surface area contributed by atoms with Gasteiger partial charge in [-0.25, -0.2) is 0 Å². The van der Waals surface area contributed by atoms with Crippen LogP contribution in [0.3, 0.4) is 0 Å². The summed E-state index contributed by atoms with van der Waals surface area (Å²) >= 11 is 0. The summed E-state index contributed by atoms with van der Waals surface area (Å²) in [5, 5.41) is 0. The van der Waals surface area contributed by atoms with Crippen LogP contribution in [0.15, 0.2) is 30.3 Å². The summed E-state index contributed by atoms with van der Waals surface area (Å²) in [4.78, 5) is 14.7. The van der Waals surface area contributed by atoms with Gasteiger partial charge in [-0.15, -0.1) is 0 Å². The molecule has 0 bridgehead atoms. The van der Waals surface area contributed by atoms with Gasteiger partial charge in [-0.1, -0.05) is 56.0 Å². The van der Waals surface area contributed by atoms with Gasteiger partial charge in [-0.05, 0) is 24.8 Å². The van der Waals surface area contributed by atoms with Crippen molar-refractivity contribution < 1.29 is 4.79 Å². The quantitative estimate of drug-likeness (QED) is 0.818. The Bertz CT molecular complexity index is 410. The molecule has 116 valence electrons. The van der Waals surface area contributed by atoms with Crippen molar-refractivity contribution in [2.24, 2.45) is 11.7 Å². The fourth-order valence-corrected chi connectivity index (χ4v) is 3.18. The Hall–Kier alpha value is -1.35. The van der Waals surface area contributed by atoms with Crippen molar-refractivity contribution >= 4 is 5.91 Å². The number of amides is 1.